The normalized spacial score (nSPS) is 16.1. The van der Waals surface area contributed by atoms with Gasteiger partial charge in [-0.05, 0) is 29.3 Å². The van der Waals surface area contributed by atoms with E-state index in [9.17, 15) is 14.9 Å². The third kappa shape index (κ3) is 3.97. The van der Waals surface area contributed by atoms with E-state index in [4.69, 9.17) is 4.99 Å². The second kappa shape index (κ2) is 8.74. The van der Waals surface area contributed by atoms with Gasteiger partial charge in [0.25, 0.3) is 5.69 Å². The Morgan fingerprint density at radius 1 is 1.09 bits per heavy atom. The van der Waals surface area contributed by atoms with Crippen molar-refractivity contribution in [2.45, 2.75) is 18.8 Å². The molecule has 2 atom stereocenters. The number of anilines is 1. The maximum atomic E-state index is 13.0. The monoisotopic (exact) mass is 451 g/mol. The number of hydrogen-bond acceptors (Lipinski definition) is 5. The van der Waals surface area contributed by atoms with Gasteiger partial charge in [0.2, 0.25) is 5.91 Å². The number of carbonyl (C=O) groups excluding carboxylic acids is 1. The van der Waals surface area contributed by atoms with Crippen LogP contribution in [0.2, 0.25) is 0 Å². The minimum atomic E-state index is -0.763. The van der Waals surface area contributed by atoms with E-state index in [1.807, 2.05) is 54.6 Å². The van der Waals surface area contributed by atoms with E-state index in [0.29, 0.717) is 22.6 Å². The minimum Gasteiger partial charge on any atom is -0.348 e. The van der Waals surface area contributed by atoms with Gasteiger partial charge in [-0.1, -0.05) is 49.4 Å². The second-order valence-electron chi connectivity index (χ2n) is 8.13. The summed E-state index contributed by atoms with van der Waals surface area (Å²) in [5.74, 6) is -0.884. The molecule has 2 N–H and O–H groups in total. The largest absolute Gasteiger partial charge is 0.348 e. The van der Waals surface area contributed by atoms with Gasteiger partial charge in [-0.3, -0.25) is 19.9 Å². The maximum Gasteiger partial charge on any atom is 0.269 e. The van der Waals surface area contributed by atoms with Crippen LogP contribution >= 0.6 is 0 Å². The molecule has 8 nitrogen and oxygen atoms in total. The highest BCUT2D eigenvalue weighted by atomic mass is 16.6. The molecule has 0 radical (unpaired) electrons. The zero-order valence-corrected chi connectivity index (χ0v) is 18.3. The molecule has 8 heteroatoms. The van der Waals surface area contributed by atoms with E-state index in [1.165, 1.54) is 12.1 Å². The molecule has 2 unspecified atom stereocenters. The third-order valence-corrected chi connectivity index (χ3v) is 6.05. The minimum absolute atomic E-state index is 0.0650. The number of nitro groups is 1. The third-order valence-electron chi connectivity index (χ3n) is 6.05. The fourth-order valence-corrected chi connectivity index (χ4v) is 4.20. The molecule has 0 saturated heterocycles. The second-order valence-corrected chi connectivity index (χ2v) is 8.13. The number of fused-ring (bicyclic) bond motifs is 1. The first-order valence-electron chi connectivity index (χ1n) is 10.8. The smallest absolute Gasteiger partial charge is 0.269 e. The molecule has 1 amide bonds. The van der Waals surface area contributed by atoms with Gasteiger partial charge in [-0.15, -0.1) is 0 Å². The van der Waals surface area contributed by atoms with Gasteiger partial charge in [-0.2, -0.15) is 0 Å². The van der Waals surface area contributed by atoms with Crippen LogP contribution in [0.15, 0.2) is 90.3 Å². The Morgan fingerprint density at radius 2 is 1.85 bits per heavy atom. The van der Waals surface area contributed by atoms with Gasteiger partial charge in [0, 0.05) is 41.2 Å². The summed E-state index contributed by atoms with van der Waals surface area (Å²) in [5.41, 5.74) is 5.16. The number of non-ortho nitro benzene ring substituents is 1. The molecule has 168 valence electrons. The Morgan fingerprint density at radius 3 is 2.53 bits per heavy atom. The highest BCUT2D eigenvalue weighted by molar-refractivity contribution is 6.24. The summed E-state index contributed by atoms with van der Waals surface area (Å²) in [5, 5.41) is 14.2. The van der Waals surface area contributed by atoms with Crippen LogP contribution < -0.4 is 5.32 Å². The number of rotatable bonds is 6. The van der Waals surface area contributed by atoms with E-state index in [0.717, 1.165) is 16.8 Å². The lowest BCUT2D eigenvalue weighted by molar-refractivity contribution is -0.384. The standard InChI is InChI=1S/C26H21N5O3/c1-16(23-14-27-15-28-23)17-7-9-19(10-8-17)29-25(18-5-3-2-4-6-18)24-21-13-20(31(33)34)11-12-22(21)30-26(24)32/h2-16,24H,1H3,(H,27,28)(H,30,32). The Bertz CT molecular complexity index is 1380. The molecule has 0 spiro atoms. The van der Waals surface area contributed by atoms with Crippen molar-refractivity contribution >= 4 is 28.7 Å². The number of carbonyl (C=O) groups is 1. The van der Waals surface area contributed by atoms with Crippen molar-refractivity contribution in [2.75, 3.05) is 5.32 Å². The van der Waals surface area contributed by atoms with Crippen LogP contribution in [-0.2, 0) is 4.79 Å². The number of aliphatic imine (C=N–C) groups is 1. The predicted octanol–water partition coefficient (Wildman–Crippen LogP) is 5.33. The molecule has 1 aliphatic rings. The van der Waals surface area contributed by atoms with Gasteiger partial charge in [-0.25, -0.2) is 4.98 Å². The average molecular weight is 451 g/mol. The van der Waals surface area contributed by atoms with E-state index >= 15 is 0 Å². The molecule has 0 aliphatic carbocycles. The van der Waals surface area contributed by atoms with Gasteiger partial charge in [0.05, 0.1) is 22.6 Å². The predicted molar refractivity (Wildman–Crippen MR) is 130 cm³/mol. The number of nitrogens with zero attached hydrogens (tertiary/aromatic N) is 3. The molecule has 5 rings (SSSR count). The maximum absolute atomic E-state index is 13.0. The van der Waals surface area contributed by atoms with Gasteiger partial charge in [0.15, 0.2) is 0 Å². The van der Waals surface area contributed by atoms with Crippen molar-refractivity contribution in [1.82, 2.24) is 9.97 Å². The number of benzene rings is 3. The number of H-pyrrole nitrogens is 1. The molecule has 34 heavy (non-hydrogen) atoms. The van der Waals surface area contributed by atoms with E-state index < -0.39 is 10.8 Å². The Hall–Kier alpha value is -4.59. The topological polar surface area (TPSA) is 113 Å². The first kappa shape index (κ1) is 21.3. The highest BCUT2D eigenvalue weighted by Gasteiger charge is 2.36. The zero-order valence-electron chi connectivity index (χ0n) is 18.3. The molecule has 0 bridgehead atoms. The van der Waals surface area contributed by atoms with Crippen LogP contribution in [0.4, 0.5) is 17.1 Å². The quantitative estimate of drug-likeness (QED) is 0.234. The number of nitro benzene ring substituents is 1. The summed E-state index contributed by atoms with van der Waals surface area (Å²) >= 11 is 0. The first-order valence-corrected chi connectivity index (χ1v) is 10.8. The average Bonchev–Trinajstić information content (AvgIpc) is 3.50. The summed E-state index contributed by atoms with van der Waals surface area (Å²) in [7, 11) is 0. The molecule has 4 aromatic rings. The molecule has 0 saturated carbocycles. The number of aromatic nitrogens is 2. The van der Waals surface area contributed by atoms with Crippen molar-refractivity contribution in [3.8, 4) is 0 Å². The fourth-order valence-electron chi connectivity index (χ4n) is 4.20. The molecule has 3 aromatic carbocycles. The van der Waals surface area contributed by atoms with Crippen LogP contribution in [0.25, 0.3) is 0 Å². The Labute approximate surface area is 195 Å². The number of hydrogen-bond donors (Lipinski definition) is 2. The van der Waals surface area contributed by atoms with Crippen molar-refractivity contribution in [3.63, 3.8) is 0 Å². The molecular formula is C26H21N5O3. The molecule has 1 aromatic heterocycles. The first-order chi connectivity index (χ1) is 16.5. The van der Waals surface area contributed by atoms with E-state index in [2.05, 4.69) is 22.2 Å². The lowest BCUT2D eigenvalue weighted by atomic mass is 9.90. The summed E-state index contributed by atoms with van der Waals surface area (Å²) in [6.45, 7) is 2.09. The van der Waals surface area contributed by atoms with E-state index in [-0.39, 0.29) is 17.5 Å². The van der Waals surface area contributed by atoms with Crippen LogP contribution in [-0.4, -0.2) is 26.5 Å². The van der Waals surface area contributed by atoms with Gasteiger partial charge in [0.1, 0.15) is 5.92 Å². The summed E-state index contributed by atoms with van der Waals surface area (Å²) < 4.78 is 0. The molecule has 1 aliphatic heterocycles. The zero-order chi connectivity index (χ0) is 23.7. The molecule has 2 heterocycles. The van der Waals surface area contributed by atoms with Crippen molar-refractivity contribution in [2.24, 2.45) is 4.99 Å². The van der Waals surface area contributed by atoms with Crippen LogP contribution in [0, 0.1) is 10.1 Å². The summed E-state index contributed by atoms with van der Waals surface area (Å²) in [4.78, 5) is 36.0. The summed E-state index contributed by atoms with van der Waals surface area (Å²) in [6.07, 6.45) is 3.46. The summed E-state index contributed by atoms with van der Waals surface area (Å²) in [6, 6.07) is 21.6. The molecular weight excluding hydrogens is 430 g/mol. The van der Waals surface area contributed by atoms with Crippen molar-refractivity contribution < 1.29 is 9.72 Å². The van der Waals surface area contributed by atoms with Gasteiger partial charge >= 0.3 is 0 Å². The number of nitrogens with one attached hydrogen (secondary N) is 2. The lowest BCUT2D eigenvalue weighted by Gasteiger charge is -2.14. The Balaban J connectivity index is 1.57. The Kier molecular flexibility index (Phi) is 5.47. The van der Waals surface area contributed by atoms with Crippen LogP contribution in [0.1, 0.15) is 41.1 Å². The van der Waals surface area contributed by atoms with E-state index in [1.54, 1.807) is 18.6 Å². The highest BCUT2D eigenvalue weighted by Crippen LogP contribution is 2.38. The van der Waals surface area contributed by atoms with Crippen LogP contribution in [0.5, 0.6) is 0 Å². The molecule has 0 fully saturated rings. The van der Waals surface area contributed by atoms with Crippen molar-refractivity contribution in [1.29, 1.82) is 0 Å². The number of amides is 1. The van der Waals surface area contributed by atoms with Crippen LogP contribution in [0.3, 0.4) is 0 Å². The number of aromatic amines is 1. The lowest BCUT2D eigenvalue weighted by Crippen LogP contribution is -2.22. The SMILES string of the molecule is CC(c1ccc(N=C(c2ccccc2)C2C(=O)Nc3ccc([N+](=O)[O-])cc32)cc1)c1cnc[nH]1. The van der Waals surface area contributed by atoms with Gasteiger partial charge < -0.3 is 10.3 Å². The fraction of sp³-hybridized carbons (Fsp3) is 0.115. The number of imidazole rings is 1. The van der Waals surface area contributed by atoms with Crippen molar-refractivity contribution in [3.05, 3.63) is 118 Å².